The van der Waals surface area contributed by atoms with E-state index in [1.54, 1.807) is 0 Å². The summed E-state index contributed by atoms with van der Waals surface area (Å²) in [6, 6.07) is -1.01. The van der Waals surface area contributed by atoms with E-state index in [2.05, 4.69) is 21.2 Å². The monoisotopic (exact) mass is 283 g/mol. The van der Waals surface area contributed by atoms with Crippen LogP contribution in [0.25, 0.3) is 0 Å². The highest BCUT2D eigenvalue weighted by atomic mass is 79.9. The van der Waals surface area contributed by atoms with Crippen molar-refractivity contribution in [2.24, 2.45) is 0 Å². The fourth-order valence-corrected chi connectivity index (χ4v) is 2.00. The molecule has 1 heterocycles. The Morgan fingerprint density at radius 3 is 2.47 bits per heavy atom. The Hall–Kier alpha value is -0.210. The van der Waals surface area contributed by atoms with Crippen molar-refractivity contribution in [1.82, 2.24) is 5.32 Å². The van der Waals surface area contributed by atoms with Gasteiger partial charge in [-0.3, -0.25) is 4.79 Å². The van der Waals surface area contributed by atoms with Crippen LogP contribution in [-0.4, -0.2) is 57.2 Å². The van der Waals surface area contributed by atoms with E-state index < -0.39 is 36.6 Å². The molecule has 1 fully saturated rings. The minimum atomic E-state index is -1.32. The van der Waals surface area contributed by atoms with Crippen molar-refractivity contribution in [3.8, 4) is 0 Å². The van der Waals surface area contributed by atoms with Gasteiger partial charge < -0.3 is 25.4 Å². The molecular weight excluding hydrogens is 270 g/mol. The van der Waals surface area contributed by atoms with Crippen LogP contribution in [0.3, 0.4) is 0 Å². The maximum absolute atomic E-state index is 10.8. The van der Waals surface area contributed by atoms with Crippen molar-refractivity contribution in [3.63, 3.8) is 0 Å². The fraction of sp³-hybridized carbons (Fsp3) is 0.875. The molecule has 0 aliphatic carbocycles. The number of aliphatic hydroxyl groups excluding tert-OH is 3. The minimum Gasteiger partial charge on any atom is -0.388 e. The Balaban J connectivity index is 2.70. The van der Waals surface area contributed by atoms with E-state index in [9.17, 15) is 20.1 Å². The van der Waals surface area contributed by atoms with E-state index in [4.69, 9.17) is 4.74 Å². The Labute approximate surface area is 95.4 Å². The van der Waals surface area contributed by atoms with Crippen molar-refractivity contribution >= 4 is 21.8 Å². The second kappa shape index (κ2) is 5.22. The third kappa shape index (κ3) is 2.88. The zero-order valence-electron chi connectivity index (χ0n) is 8.13. The van der Waals surface area contributed by atoms with Crippen molar-refractivity contribution in [1.29, 1.82) is 0 Å². The predicted octanol–water partition coefficient (Wildman–Crippen LogP) is -1.67. The third-order valence-corrected chi connectivity index (χ3v) is 2.88. The molecule has 1 amide bonds. The lowest BCUT2D eigenvalue weighted by molar-refractivity contribution is -0.240. The lowest BCUT2D eigenvalue weighted by Crippen LogP contribution is -2.63. The summed E-state index contributed by atoms with van der Waals surface area (Å²) in [4.78, 5) is 10.8. The highest BCUT2D eigenvalue weighted by Gasteiger charge is 2.43. The van der Waals surface area contributed by atoms with Gasteiger partial charge in [-0.2, -0.15) is 0 Å². The molecule has 0 aromatic carbocycles. The van der Waals surface area contributed by atoms with Gasteiger partial charge in [0.25, 0.3) is 0 Å². The van der Waals surface area contributed by atoms with E-state index in [0.717, 1.165) is 0 Å². The number of hydrogen-bond donors (Lipinski definition) is 4. The number of ether oxygens (including phenoxy) is 1. The molecular formula is C8H14BrNO5. The quantitative estimate of drug-likeness (QED) is 0.454. The van der Waals surface area contributed by atoms with Crippen molar-refractivity contribution in [2.45, 2.75) is 37.6 Å². The van der Waals surface area contributed by atoms with Gasteiger partial charge in [-0.15, -0.1) is 0 Å². The molecule has 1 saturated heterocycles. The zero-order chi connectivity index (χ0) is 11.6. The minimum absolute atomic E-state index is 0.287. The van der Waals surface area contributed by atoms with Crippen LogP contribution in [0, 0.1) is 0 Å². The maximum Gasteiger partial charge on any atom is 0.217 e. The molecule has 1 aliphatic heterocycles. The van der Waals surface area contributed by atoms with E-state index in [0.29, 0.717) is 0 Å². The average molecular weight is 284 g/mol. The maximum atomic E-state index is 10.8. The largest absolute Gasteiger partial charge is 0.388 e. The van der Waals surface area contributed by atoms with Gasteiger partial charge in [0, 0.05) is 12.3 Å². The number of aliphatic hydroxyl groups is 3. The van der Waals surface area contributed by atoms with Crippen LogP contribution in [0.2, 0.25) is 0 Å². The topological polar surface area (TPSA) is 99.0 Å². The van der Waals surface area contributed by atoms with Gasteiger partial charge in [0.15, 0.2) is 6.29 Å². The molecule has 0 bridgehead atoms. The Kier molecular flexibility index (Phi) is 4.47. The van der Waals surface area contributed by atoms with Gasteiger partial charge in [0.05, 0.1) is 6.10 Å². The summed E-state index contributed by atoms with van der Waals surface area (Å²) in [6.07, 6.45) is -4.42. The molecule has 1 aliphatic rings. The smallest absolute Gasteiger partial charge is 0.217 e. The van der Waals surface area contributed by atoms with E-state index >= 15 is 0 Å². The highest BCUT2D eigenvalue weighted by Crippen LogP contribution is 2.21. The first-order valence-electron chi connectivity index (χ1n) is 4.50. The Morgan fingerprint density at radius 1 is 1.40 bits per heavy atom. The van der Waals surface area contributed by atoms with Crippen LogP contribution in [0.4, 0.5) is 0 Å². The van der Waals surface area contributed by atoms with E-state index in [1.807, 2.05) is 0 Å². The molecule has 0 aromatic heterocycles. The Bertz CT molecular complexity index is 239. The summed E-state index contributed by atoms with van der Waals surface area (Å²) in [5.74, 6) is -0.411. The number of carbonyl (C=O) groups is 1. The second-order valence-corrected chi connectivity index (χ2v) is 4.07. The van der Waals surface area contributed by atoms with Crippen LogP contribution < -0.4 is 5.32 Å². The number of rotatable bonds is 2. The standard InChI is InChI=1S/C8H14BrNO5/c1-3(11)10-5-7(13)6(12)4(2-9)15-8(5)14/h4-8,12-14H,2H2,1H3,(H,10,11)/t4-,5-,6-,7-,8-/m1/s1. The molecule has 15 heavy (non-hydrogen) atoms. The molecule has 4 N–H and O–H groups in total. The van der Waals surface area contributed by atoms with Gasteiger partial charge in [0.2, 0.25) is 5.91 Å². The molecule has 0 aromatic rings. The number of nitrogens with one attached hydrogen (secondary N) is 1. The summed E-state index contributed by atoms with van der Waals surface area (Å²) in [5.41, 5.74) is 0. The number of alkyl halides is 1. The average Bonchev–Trinajstić information content (AvgIpc) is 2.18. The number of hydrogen-bond acceptors (Lipinski definition) is 5. The normalized spacial score (nSPS) is 41.3. The van der Waals surface area contributed by atoms with E-state index in [-0.39, 0.29) is 5.33 Å². The van der Waals surface area contributed by atoms with Crippen molar-refractivity contribution < 1.29 is 24.9 Å². The molecule has 1 rings (SSSR count). The summed E-state index contributed by atoms with van der Waals surface area (Å²) >= 11 is 3.08. The molecule has 88 valence electrons. The van der Waals surface area contributed by atoms with Gasteiger partial charge in [-0.25, -0.2) is 0 Å². The fourth-order valence-electron chi connectivity index (χ4n) is 1.46. The summed E-state index contributed by atoms with van der Waals surface area (Å²) in [5, 5.41) is 31.3. The van der Waals surface area contributed by atoms with Crippen LogP contribution in [0.5, 0.6) is 0 Å². The molecule has 0 radical (unpaired) electrons. The first-order chi connectivity index (χ1) is 6.97. The molecule has 0 spiro atoms. The van der Waals surface area contributed by atoms with Crippen LogP contribution in [-0.2, 0) is 9.53 Å². The predicted molar refractivity (Wildman–Crippen MR) is 54.3 cm³/mol. The van der Waals surface area contributed by atoms with Gasteiger partial charge >= 0.3 is 0 Å². The molecule has 7 heteroatoms. The molecule has 5 atom stereocenters. The van der Waals surface area contributed by atoms with Crippen LogP contribution >= 0.6 is 15.9 Å². The SMILES string of the molecule is CC(=O)N[C@@H]1[C@@H](O)[C@H](O)[C@@H](CBr)O[C@H]1O. The van der Waals surface area contributed by atoms with Gasteiger partial charge in [0.1, 0.15) is 18.2 Å². The third-order valence-electron chi connectivity index (χ3n) is 2.24. The molecule has 6 nitrogen and oxygen atoms in total. The van der Waals surface area contributed by atoms with Gasteiger partial charge in [-0.05, 0) is 0 Å². The lowest BCUT2D eigenvalue weighted by atomic mass is 9.98. The summed E-state index contributed by atoms with van der Waals surface area (Å²) in [7, 11) is 0. The lowest BCUT2D eigenvalue weighted by Gasteiger charge is -2.40. The molecule has 0 saturated carbocycles. The summed E-state index contributed by atoms with van der Waals surface area (Å²) in [6.45, 7) is 1.25. The summed E-state index contributed by atoms with van der Waals surface area (Å²) < 4.78 is 5.02. The second-order valence-electron chi connectivity index (χ2n) is 3.43. The number of carbonyl (C=O) groups excluding carboxylic acids is 1. The van der Waals surface area contributed by atoms with Crippen LogP contribution in [0.1, 0.15) is 6.92 Å². The van der Waals surface area contributed by atoms with E-state index in [1.165, 1.54) is 6.92 Å². The number of amides is 1. The first kappa shape index (κ1) is 12.9. The van der Waals surface area contributed by atoms with Crippen molar-refractivity contribution in [3.05, 3.63) is 0 Å². The number of halogens is 1. The highest BCUT2D eigenvalue weighted by molar-refractivity contribution is 9.09. The van der Waals surface area contributed by atoms with Crippen molar-refractivity contribution in [2.75, 3.05) is 5.33 Å². The molecule has 0 unspecified atom stereocenters. The Morgan fingerprint density at radius 2 is 2.00 bits per heavy atom. The van der Waals surface area contributed by atoms with Gasteiger partial charge in [-0.1, -0.05) is 15.9 Å². The van der Waals surface area contributed by atoms with Crippen LogP contribution in [0.15, 0.2) is 0 Å². The zero-order valence-corrected chi connectivity index (χ0v) is 9.72. The first-order valence-corrected chi connectivity index (χ1v) is 5.62.